The van der Waals surface area contributed by atoms with E-state index in [0.29, 0.717) is 17.8 Å². The van der Waals surface area contributed by atoms with E-state index in [-0.39, 0.29) is 5.41 Å². The zero-order valence-electron chi connectivity index (χ0n) is 23.4. The quantitative estimate of drug-likeness (QED) is 0.423. The maximum atomic E-state index is 5.41. The van der Waals surface area contributed by atoms with Gasteiger partial charge < -0.3 is 0 Å². The smallest absolute Gasteiger partial charge is 0.0473 e. The molecule has 0 aromatic carbocycles. The van der Waals surface area contributed by atoms with Gasteiger partial charge in [-0.1, -0.05) is 41.0 Å². The average Bonchev–Trinajstić information content (AvgIpc) is 3.15. The van der Waals surface area contributed by atoms with Crippen LogP contribution in [0.15, 0.2) is 0 Å². The summed E-state index contributed by atoms with van der Waals surface area (Å²) >= 11 is 0. The fourth-order valence-corrected chi connectivity index (χ4v) is 8.36. The van der Waals surface area contributed by atoms with E-state index in [2.05, 4.69) is 48.5 Å². The number of hydrogen-bond donors (Lipinski definition) is 0. The molecule has 2 heteroatoms. The van der Waals surface area contributed by atoms with Crippen LogP contribution in [0.5, 0.6) is 0 Å². The topological polar surface area (TPSA) is 25.8 Å². The summed E-state index contributed by atoms with van der Waals surface area (Å²) in [6.07, 6.45) is 12.9. The molecule has 0 saturated heterocycles. The minimum absolute atomic E-state index is 0.207. The Morgan fingerprint density at radius 2 is 1.63 bits per heavy atom. The molecule has 0 radical (unpaired) electrons. The third-order valence-electron chi connectivity index (χ3n) is 10.3. The molecule has 2 nitrogen and oxygen atoms in total. The van der Waals surface area contributed by atoms with Crippen LogP contribution in [0, 0.1) is 19.8 Å². The molecule has 0 N–H and O–H groups in total. The zero-order valence-corrected chi connectivity index (χ0v) is 23.4. The molecule has 2 aromatic heterocycles. The lowest BCUT2D eigenvalue weighted by molar-refractivity contribution is 0.401. The number of aryl methyl sites for hydroxylation is 1. The van der Waals surface area contributed by atoms with Crippen LogP contribution in [-0.2, 0) is 24.7 Å². The van der Waals surface area contributed by atoms with Gasteiger partial charge in [-0.15, -0.1) is 0 Å². The molecule has 188 valence electrons. The summed E-state index contributed by atoms with van der Waals surface area (Å²) < 4.78 is 0. The molecule has 2 heterocycles. The Balaban J connectivity index is 1.31. The molecule has 0 aliphatic heterocycles. The van der Waals surface area contributed by atoms with Gasteiger partial charge in [0.15, 0.2) is 0 Å². The number of hydrogen-bond acceptors (Lipinski definition) is 2. The van der Waals surface area contributed by atoms with Gasteiger partial charge in [-0.25, -0.2) is 0 Å². The normalized spacial score (nSPS) is 25.7. The van der Waals surface area contributed by atoms with Gasteiger partial charge in [0.25, 0.3) is 0 Å². The SMILES string of the molecule is Cc1c(C2CC2CC(C)(C)c2c(C)c(C3CCC3)nc3c2CCC3)nc2c(c1C(C)C)CCC2C. The third kappa shape index (κ3) is 3.80. The third-order valence-corrected chi connectivity index (χ3v) is 10.3. The van der Waals surface area contributed by atoms with Gasteiger partial charge in [0.05, 0.1) is 0 Å². The molecular weight excluding hydrogens is 424 g/mol. The van der Waals surface area contributed by atoms with Gasteiger partial charge in [0.2, 0.25) is 0 Å². The number of fused-ring (bicyclic) bond motifs is 2. The molecule has 0 amide bonds. The summed E-state index contributed by atoms with van der Waals surface area (Å²) in [5.74, 6) is 3.37. The molecule has 2 saturated carbocycles. The Hall–Kier alpha value is -1.70. The molecular formula is C33H46N2. The lowest BCUT2D eigenvalue weighted by atomic mass is 9.72. The molecule has 3 atom stereocenters. The lowest BCUT2D eigenvalue weighted by Gasteiger charge is -2.34. The molecule has 2 aromatic rings. The second-order valence-corrected chi connectivity index (χ2v) is 13.6. The molecule has 3 unspecified atom stereocenters. The lowest BCUT2D eigenvalue weighted by Crippen LogP contribution is -2.25. The summed E-state index contributed by atoms with van der Waals surface area (Å²) in [6.45, 7) is 17.0. The Bertz CT molecular complexity index is 1170. The van der Waals surface area contributed by atoms with Gasteiger partial charge in [0, 0.05) is 34.6 Å². The largest absolute Gasteiger partial charge is 0.257 e. The van der Waals surface area contributed by atoms with Gasteiger partial charge >= 0.3 is 0 Å². The number of nitrogens with zero attached hydrogens (tertiary/aromatic N) is 2. The molecule has 0 bridgehead atoms. The number of aromatic nitrogens is 2. The summed E-state index contributed by atoms with van der Waals surface area (Å²) in [5.41, 5.74) is 15.6. The van der Waals surface area contributed by atoms with Crippen molar-refractivity contribution < 1.29 is 0 Å². The first-order chi connectivity index (χ1) is 16.7. The summed E-state index contributed by atoms with van der Waals surface area (Å²) in [6, 6.07) is 0. The highest BCUT2D eigenvalue weighted by Crippen LogP contribution is 2.56. The summed E-state index contributed by atoms with van der Waals surface area (Å²) in [4.78, 5) is 10.7. The fraction of sp³-hybridized carbons (Fsp3) is 0.697. The highest BCUT2D eigenvalue weighted by atomic mass is 14.8. The molecule has 0 spiro atoms. The van der Waals surface area contributed by atoms with E-state index in [1.807, 2.05) is 0 Å². The highest BCUT2D eigenvalue weighted by Gasteiger charge is 2.46. The van der Waals surface area contributed by atoms with E-state index >= 15 is 0 Å². The van der Waals surface area contributed by atoms with Crippen LogP contribution >= 0.6 is 0 Å². The highest BCUT2D eigenvalue weighted by molar-refractivity contribution is 5.49. The van der Waals surface area contributed by atoms with Crippen LogP contribution in [-0.4, -0.2) is 9.97 Å². The van der Waals surface area contributed by atoms with Crippen molar-refractivity contribution in [2.75, 3.05) is 0 Å². The van der Waals surface area contributed by atoms with Crippen molar-refractivity contribution in [3.05, 3.63) is 56.2 Å². The van der Waals surface area contributed by atoms with Gasteiger partial charge in [-0.05, 0) is 128 Å². The van der Waals surface area contributed by atoms with Crippen LogP contribution in [0.25, 0.3) is 0 Å². The van der Waals surface area contributed by atoms with Crippen molar-refractivity contribution in [3.63, 3.8) is 0 Å². The van der Waals surface area contributed by atoms with E-state index in [1.54, 1.807) is 27.8 Å². The fourth-order valence-electron chi connectivity index (χ4n) is 8.36. The van der Waals surface area contributed by atoms with Gasteiger partial charge in [-0.2, -0.15) is 0 Å². The number of pyridine rings is 2. The first-order valence-corrected chi connectivity index (χ1v) is 14.7. The van der Waals surface area contributed by atoms with Crippen LogP contribution < -0.4 is 0 Å². The van der Waals surface area contributed by atoms with Crippen LogP contribution in [0.3, 0.4) is 0 Å². The Morgan fingerprint density at radius 1 is 0.857 bits per heavy atom. The molecule has 4 aliphatic carbocycles. The monoisotopic (exact) mass is 470 g/mol. The van der Waals surface area contributed by atoms with E-state index in [4.69, 9.17) is 9.97 Å². The van der Waals surface area contributed by atoms with Crippen molar-refractivity contribution in [3.8, 4) is 0 Å². The van der Waals surface area contributed by atoms with Crippen molar-refractivity contribution in [2.24, 2.45) is 5.92 Å². The molecule has 4 aliphatic rings. The Kier molecular flexibility index (Phi) is 5.70. The van der Waals surface area contributed by atoms with Gasteiger partial charge in [-0.3, -0.25) is 9.97 Å². The average molecular weight is 471 g/mol. The second kappa shape index (κ2) is 8.42. The van der Waals surface area contributed by atoms with Crippen molar-refractivity contribution in [2.45, 2.75) is 142 Å². The van der Waals surface area contributed by atoms with Crippen LogP contribution in [0.2, 0.25) is 0 Å². The van der Waals surface area contributed by atoms with Crippen molar-refractivity contribution in [1.29, 1.82) is 0 Å². The van der Waals surface area contributed by atoms with E-state index in [0.717, 1.165) is 11.8 Å². The maximum absolute atomic E-state index is 5.41. The standard InChI is InChI=1S/C33H46N2/c1-18(2)28-20(4)32(35-30-19(3)14-15-25(28)30)26-16-23(26)17-33(6,7)29-21(5)31(22-10-8-11-22)34-27-13-9-12-24(27)29/h18-19,22-23,26H,8-17H2,1-7H3. The summed E-state index contributed by atoms with van der Waals surface area (Å²) in [7, 11) is 0. The van der Waals surface area contributed by atoms with Crippen LogP contribution in [0.4, 0.5) is 0 Å². The Labute approximate surface area is 213 Å². The predicted octanol–water partition coefficient (Wildman–Crippen LogP) is 8.49. The minimum Gasteiger partial charge on any atom is -0.257 e. The molecule has 2 fully saturated rings. The molecule has 6 rings (SSSR count). The molecule has 35 heavy (non-hydrogen) atoms. The first-order valence-electron chi connectivity index (χ1n) is 14.7. The Morgan fingerprint density at radius 3 is 2.31 bits per heavy atom. The number of rotatable bonds is 6. The zero-order chi connectivity index (χ0) is 24.6. The van der Waals surface area contributed by atoms with Gasteiger partial charge in [0.1, 0.15) is 0 Å². The van der Waals surface area contributed by atoms with E-state index in [1.165, 1.54) is 92.5 Å². The maximum Gasteiger partial charge on any atom is 0.0473 e. The van der Waals surface area contributed by atoms with E-state index in [9.17, 15) is 0 Å². The van der Waals surface area contributed by atoms with Crippen molar-refractivity contribution in [1.82, 2.24) is 9.97 Å². The van der Waals surface area contributed by atoms with E-state index < -0.39 is 0 Å². The summed E-state index contributed by atoms with van der Waals surface area (Å²) in [5, 5.41) is 0. The van der Waals surface area contributed by atoms with Crippen molar-refractivity contribution >= 4 is 0 Å². The second-order valence-electron chi connectivity index (χ2n) is 13.6. The first kappa shape index (κ1) is 23.7. The minimum atomic E-state index is 0.207. The predicted molar refractivity (Wildman–Crippen MR) is 146 cm³/mol. The van der Waals surface area contributed by atoms with Crippen LogP contribution in [0.1, 0.15) is 159 Å².